The van der Waals surface area contributed by atoms with Gasteiger partial charge in [-0.1, -0.05) is 13.3 Å². The van der Waals surface area contributed by atoms with Crippen LogP contribution in [0.5, 0.6) is 0 Å². The molecule has 0 amide bonds. The third-order valence-electron chi connectivity index (χ3n) is 2.69. The molecule has 0 radical (unpaired) electrons. The predicted octanol–water partition coefficient (Wildman–Crippen LogP) is 0.986. The first kappa shape index (κ1) is 9.01. The van der Waals surface area contributed by atoms with Gasteiger partial charge >= 0.3 is 0 Å². The zero-order chi connectivity index (χ0) is 8.16. The Hall–Kier alpha value is -0.0800. The number of hydrogen-bond donors (Lipinski definition) is 2. The smallest absolute Gasteiger partial charge is 0.00207 e. The fourth-order valence-corrected chi connectivity index (χ4v) is 1.88. The Morgan fingerprint density at radius 3 is 2.45 bits per heavy atom. The fourth-order valence-electron chi connectivity index (χ4n) is 1.88. The molecule has 1 aliphatic heterocycles. The molecule has 2 nitrogen and oxygen atoms in total. The fraction of sp³-hybridized carbons (Fsp3) is 1.00. The van der Waals surface area contributed by atoms with Crippen molar-refractivity contribution < 1.29 is 0 Å². The number of hydrogen-bond acceptors (Lipinski definition) is 2. The molecule has 0 saturated carbocycles. The Labute approximate surface area is 69.8 Å². The molecule has 0 unspecified atom stereocenters. The predicted molar refractivity (Wildman–Crippen MR) is 48.8 cm³/mol. The largest absolute Gasteiger partial charge is 0.320 e. The van der Waals surface area contributed by atoms with Crippen molar-refractivity contribution in [3.05, 3.63) is 0 Å². The average Bonchev–Trinajstić information content (AvgIpc) is 1.95. The molecule has 11 heavy (non-hydrogen) atoms. The lowest BCUT2D eigenvalue weighted by Gasteiger charge is -2.43. The van der Waals surface area contributed by atoms with Gasteiger partial charge in [0.15, 0.2) is 0 Å². The second-order valence-corrected chi connectivity index (χ2v) is 3.71. The molecular formula is C9H20N2. The van der Waals surface area contributed by atoms with Gasteiger partial charge in [-0.3, -0.25) is 0 Å². The summed E-state index contributed by atoms with van der Waals surface area (Å²) in [6.07, 6.45) is 4.05. The van der Waals surface area contributed by atoms with Crippen LogP contribution in [0.15, 0.2) is 0 Å². The monoisotopic (exact) mass is 156 g/mol. The van der Waals surface area contributed by atoms with Crippen molar-refractivity contribution in [2.24, 2.45) is 5.41 Å². The summed E-state index contributed by atoms with van der Waals surface area (Å²) in [6, 6.07) is 0. The van der Waals surface area contributed by atoms with Gasteiger partial charge in [0, 0.05) is 13.1 Å². The maximum Gasteiger partial charge on any atom is 0.00207 e. The van der Waals surface area contributed by atoms with Gasteiger partial charge in [0.25, 0.3) is 0 Å². The molecule has 0 atom stereocenters. The van der Waals surface area contributed by atoms with Crippen LogP contribution in [0.2, 0.25) is 0 Å². The van der Waals surface area contributed by atoms with Crippen molar-refractivity contribution in [1.82, 2.24) is 10.6 Å². The average molecular weight is 156 g/mol. The Balaban J connectivity index is 2.22. The highest BCUT2D eigenvalue weighted by Crippen LogP contribution is 2.31. The van der Waals surface area contributed by atoms with Crippen molar-refractivity contribution in [3.8, 4) is 0 Å². The molecule has 0 aromatic rings. The minimum absolute atomic E-state index is 0.651. The lowest BCUT2D eigenvalue weighted by atomic mass is 9.75. The number of nitrogens with one attached hydrogen (secondary N) is 2. The standard InChI is InChI=1S/C9H20N2/c1-3-4-9(5-6-10-2)7-11-8-9/h10-11H,3-8H2,1-2H3. The van der Waals surface area contributed by atoms with Crippen molar-refractivity contribution in [1.29, 1.82) is 0 Å². The molecule has 0 aliphatic carbocycles. The van der Waals surface area contributed by atoms with E-state index < -0.39 is 0 Å². The Morgan fingerprint density at radius 1 is 1.36 bits per heavy atom. The molecule has 0 aromatic heterocycles. The van der Waals surface area contributed by atoms with E-state index in [0.717, 1.165) is 0 Å². The third kappa shape index (κ3) is 2.17. The first-order valence-electron chi connectivity index (χ1n) is 4.68. The van der Waals surface area contributed by atoms with Crippen molar-refractivity contribution >= 4 is 0 Å². The van der Waals surface area contributed by atoms with Gasteiger partial charge in [0.1, 0.15) is 0 Å². The maximum absolute atomic E-state index is 3.37. The quantitative estimate of drug-likeness (QED) is 0.620. The highest BCUT2D eigenvalue weighted by Gasteiger charge is 2.34. The van der Waals surface area contributed by atoms with Gasteiger partial charge in [-0.25, -0.2) is 0 Å². The summed E-state index contributed by atoms with van der Waals surface area (Å²) in [5.41, 5.74) is 0.651. The SMILES string of the molecule is CCCC1(CCNC)CNC1. The molecule has 0 spiro atoms. The molecule has 1 rings (SSSR count). The van der Waals surface area contributed by atoms with Gasteiger partial charge < -0.3 is 10.6 Å². The molecule has 0 bridgehead atoms. The molecule has 2 heteroatoms. The molecule has 1 aliphatic rings. The normalized spacial score (nSPS) is 21.3. The summed E-state index contributed by atoms with van der Waals surface area (Å²) in [4.78, 5) is 0. The molecule has 2 N–H and O–H groups in total. The maximum atomic E-state index is 3.37. The van der Waals surface area contributed by atoms with Crippen LogP contribution in [0.3, 0.4) is 0 Å². The van der Waals surface area contributed by atoms with E-state index in [2.05, 4.69) is 17.6 Å². The molecular weight excluding hydrogens is 136 g/mol. The van der Waals surface area contributed by atoms with E-state index >= 15 is 0 Å². The highest BCUT2D eigenvalue weighted by atomic mass is 15.0. The summed E-state index contributed by atoms with van der Waals surface area (Å²) < 4.78 is 0. The lowest BCUT2D eigenvalue weighted by Crippen LogP contribution is -2.54. The highest BCUT2D eigenvalue weighted by molar-refractivity contribution is 4.91. The van der Waals surface area contributed by atoms with Crippen molar-refractivity contribution in [2.45, 2.75) is 26.2 Å². The van der Waals surface area contributed by atoms with Gasteiger partial charge in [0.05, 0.1) is 0 Å². The summed E-state index contributed by atoms with van der Waals surface area (Å²) in [6.45, 7) is 5.92. The van der Waals surface area contributed by atoms with Crippen molar-refractivity contribution in [2.75, 3.05) is 26.7 Å². The van der Waals surface area contributed by atoms with E-state index in [1.165, 1.54) is 38.9 Å². The van der Waals surface area contributed by atoms with Crippen LogP contribution in [0, 0.1) is 5.41 Å². The Bertz CT molecular complexity index is 108. The van der Waals surface area contributed by atoms with E-state index in [0.29, 0.717) is 5.41 Å². The van der Waals surface area contributed by atoms with Crippen LogP contribution in [-0.4, -0.2) is 26.7 Å². The van der Waals surface area contributed by atoms with E-state index in [1.54, 1.807) is 0 Å². The van der Waals surface area contributed by atoms with E-state index in [9.17, 15) is 0 Å². The summed E-state index contributed by atoms with van der Waals surface area (Å²) in [5.74, 6) is 0. The first-order valence-corrected chi connectivity index (χ1v) is 4.68. The zero-order valence-corrected chi connectivity index (χ0v) is 7.74. The second-order valence-electron chi connectivity index (χ2n) is 3.71. The second kappa shape index (κ2) is 4.07. The van der Waals surface area contributed by atoms with Crippen molar-refractivity contribution in [3.63, 3.8) is 0 Å². The Morgan fingerprint density at radius 2 is 2.09 bits per heavy atom. The van der Waals surface area contributed by atoms with Crippen LogP contribution in [0.25, 0.3) is 0 Å². The van der Waals surface area contributed by atoms with E-state index in [1.807, 2.05) is 7.05 Å². The van der Waals surface area contributed by atoms with Gasteiger partial charge in [-0.05, 0) is 31.8 Å². The third-order valence-corrected chi connectivity index (χ3v) is 2.69. The first-order chi connectivity index (χ1) is 5.33. The number of rotatable bonds is 5. The molecule has 1 heterocycles. The lowest BCUT2D eigenvalue weighted by molar-refractivity contribution is 0.137. The zero-order valence-electron chi connectivity index (χ0n) is 7.74. The van der Waals surface area contributed by atoms with Gasteiger partial charge in [-0.15, -0.1) is 0 Å². The van der Waals surface area contributed by atoms with Gasteiger partial charge in [0.2, 0.25) is 0 Å². The van der Waals surface area contributed by atoms with Crippen LogP contribution >= 0.6 is 0 Å². The summed E-state index contributed by atoms with van der Waals surface area (Å²) in [5, 5.41) is 6.59. The van der Waals surface area contributed by atoms with Crippen LogP contribution in [0.1, 0.15) is 26.2 Å². The van der Waals surface area contributed by atoms with Crippen LogP contribution < -0.4 is 10.6 Å². The topological polar surface area (TPSA) is 24.1 Å². The molecule has 1 fully saturated rings. The summed E-state index contributed by atoms with van der Waals surface area (Å²) in [7, 11) is 2.03. The molecule has 66 valence electrons. The van der Waals surface area contributed by atoms with Gasteiger partial charge in [-0.2, -0.15) is 0 Å². The molecule has 1 saturated heterocycles. The minimum atomic E-state index is 0.651. The summed E-state index contributed by atoms with van der Waals surface area (Å²) >= 11 is 0. The minimum Gasteiger partial charge on any atom is -0.320 e. The Kier molecular flexibility index (Phi) is 3.34. The van der Waals surface area contributed by atoms with E-state index in [4.69, 9.17) is 0 Å². The van der Waals surface area contributed by atoms with E-state index in [-0.39, 0.29) is 0 Å². The van der Waals surface area contributed by atoms with Crippen LogP contribution in [-0.2, 0) is 0 Å². The molecule has 0 aromatic carbocycles. The van der Waals surface area contributed by atoms with Crippen LogP contribution in [0.4, 0.5) is 0 Å².